The van der Waals surface area contributed by atoms with Crippen molar-refractivity contribution in [1.29, 1.82) is 0 Å². The van der Waals surface area contributed by atoms with E-state index in [4.69, 9.17) is 4.74 Å². The van der Waals surface area contributed by atoms with E-state index in [1.165, 1.54) is 24.6 Å². The number of amides is 1. The molecule has 0 aliphatic rings. The Morgan fingerprint density at radius 2 is 1.76 bits per heavy atom. The number of halogens is 2. The summed E-state index contributed by atoms with van der Waals surface area (Å²) in [5, 5.41) is 16.8. The van der Waals surface area contributed by atoms with Gasteiger partial charge in [0, 0.05) is 43.9 Å². The molecule has 37 heavy (non-hydrogen) atoms. The van der Waals surface area contributed by atoms with E-state index >= 15 is 0 Å². The van der Waals surface area contributed by atoms with Crippen LogP contribution >= 0.6 is 0 Å². The van der Waals surface area contributed by atoms with Crippen LogP contribution < -0.4 is 15.4 Å². The van der Waals surface area contributed by atoms with Gasteiger partial charge in [-0.3, -0.25) is 4.79 Å². The minimum absolute atomic E-state index is 0.0871. The first-order valence-electron chi connectivity index (χ1n) is 12.4. The Labute approximate surface area is 217 Å². The lowest BCUT2D eigenvalue weighted by molar-refractivity contribution is -0.120. The van der Waals surface area contributed by atoms with Crippen LogP contribution in [-0.2, 0) is 24.2 Å². The molecular formula is C29H35F2N3O3. The predicted molar refractivity (Wildman–Crippen MR) is 140 cm³/mol. The van der Waals surface area contributed by atoms with E-state index in [-0.39, 0.29) is 18.9 Å². The molecule has 198 valence electrons. The van der Waals surface area contributed by atoms with Crippen molar-refractivity contribution in [2.24, 2.45) is 5.92 Å². The number of aromatic nitrogens is 1. The van der Waals surface area contributed by atoms with E-state index in [2.05, 4.69) is 47.7 Å². The van der Waals surface area contributed by atoms with Gasteiger partial charge in [0.2, 0.25) is 11.8 Å². The van der Waals surface area contributed by atoms with Gasteiger partial charge >= 0.3 is 0 Å². The molecule has 2 aromatic carbocycles. The van der Waals surface area contributed by atoms with Gasteiger partial charge in [-0.15, -0.1) is 0 Å². The van der Waals surface area contributed by atoms with Gasteiger partial charge in [0.1, 0.15) is 11.6 Å². The fraction of sp³-hybridized carbons (Fsp3) is 0.379. The molecule has 0 radical (unpaired) electrons. The Morgan fingerprint density at radius 3 is 2.35 bits per heavy atom. The van der Waals surface area contributed by atoms with Gasteiger partial charge < -0.3 is 20.5 Å². The zero-order valence-corrected chi connectivity index (χ0v) is 21.7. The van der Waals surface area contributed by atoms with Crippen molar-refractivity contribution in [2.75, 3.05) is 13.7 Å². The number of ether oxygens (including phenoxy) is 1. The van der Waals surface area contributed by atoms with Crippen LogP contribution in [0.1, 0.15) is 37.5 Å². The lowest BCUT2D eigenvalue weighted by Gasteiger charge is -2.24. The minimum Gasteiger partial charge on any atom is -0.481 e. The summed E-state index contributed by atoms with van der Waals surface area (Å²) in [4.78, 5) is 16.1. The maximum absolute atomic E-state index is 13.7. The fourth-order valence-electron chi connectivity index (χ4n) is 4.36. The summed E-state index contributed by atoms with van der Waals surface area (Å²) in [6.07, 6.45) is 1.80. The molecule has 3 N–H and O–H groups in total. The molecule has 1 heterocycles. The SMILES string of the molecule is COc1ccc(-c2ccc(CC(C)C)cc2CNCC(O)C(Cc2cc(F)cc(F)c2)NC(C)=O)cn1. The molecule has 0 aliphatic carbocycles. The number of rotatable bonds is 12. The van der Waals surface area contributed by atoms with E-state index in [9.17, 15) is 18.7 Å². The van der Waals surface area contributed by atoms with Gasteiger partial charge in [-0.05, 0) is 59.2 Å². The first-order chi connectivity index (χ1) is 17.6. The van der Waals surface area contributed by atoms with Crippen molar-refractivity contribution < 1.29 is 23.4 Å². The number of carbonyl (C=O) groups is 1. The van der Waals surface area contributed by atoms with Crippen molar-refractivity contribution in [2.45, 2.75) is 52.3 Å². The van der Waals surface area contributed by atoms with Gasteiger partial charge in [0.05, 0.1) is 19.3 Å². The van der Waals surface area contributed by atoms with Crippen molar-refractivity contribution in [3.05, 3.63) is 83.1 Å². The van der Waals surface area contributed by atoms with Crippen LogP contribution in [0.15, 0.2) is 54.7 Å². The highest BCUT2D eigenvalue weighted by molar-refractivity contribution is 5.73. The van der Waals surface area contributed by atoms with E-state index in [1.807, 2.05) is 12.1 Å². The number of hydrogen-bond donors (Lipinski definition) is 3. The Morgan fingerprint density at radius 1 is 1.03 bits per heavy atom. The van der Waals surface area contributed by atoms with Crippen LogP contribution in [0.25, 0.3) is 11.1 Å². The zero-order valence-electron chi connectivity index (χ0n) is 21.7. The molecule has 0 fully saturated rings. The Balaban J connectivity index is 1.75. The van der Waals surface area contributed by atoms with E-state index in [1.54, 1.807) is 13.3 Å². The van der Waals surface area contributed by atoms with Crippen molar-refractivity contribution in [3.63, 3.8) is 0 Å². The molecule has 0 bridgehead atoms. The van der Waals surface area contributed by atoms with Crippen LogP contribution in [-0.4, -0.2) is 41.8 Å². The predicted octanol–water partition coefficient (Wildman–Crippen LogP) is 4.43. The van der Waals surface area contributed by atoms with Crippen molar-refractivity contribution in [1.82, 2.24) is 15.6 Å². The van der Waals surface area contributed by atoms with E-state index in [0.29, 0.717) is 23.9 Å². The number of aliphatic hydroxyl groups is 1. The summed E-state index contributed by atoms with van der Waals surface area (Å²) in [5.74, 6) is -0.707. The molecule has 1 amide bonds. The van der Waals surface area contributed by atoms with Crippen LogP contribution in [0.2, 0.25) is 0 Å². The third kappa shape index (κ3) is 8.61. The topological polar surface area (TPSA) is 83.5 Å². The van der Waals surface area contributed by atoms with Gasteiger partial charge in [-0.2, -0.15) is 0 Å². The van der Waals surface area contributed by atoms with Gasteiger partial charge in [0.15, 0.2) is 0 Å². The van der Waals surface area contributed by atoms with Crippen LogP contribution in [0, 0.1) is 17.6 Å². The highest BCUT2D eigenvalue weighted by Gasteiger charge is 2.21. The zero-order chi connectivity index (χ0) is 26.9. The second-order valence-corrected chi connectivity index (χ2v) is 9.67. The number of carbonyl (C=O) groups excluding carboxylic acids is 1. The van der Waals surface area contributed by atoms with Gasteiger partial charge in [-0.25, -0.2) is 13.8 Å². The number of benzene rings is 2. The number of nitrogens with one attached hydrogen (secondary N) is 2. The number of aliphatic hydroxyl groups excluding tert-OH is 1. The molecule has 0 saturated carbocycles. The highest BCUT2D eigenvalue weighted by atomic mass is 19.1. The van der Waals surface area contributed by atoms with Crippen molar-refractivity contribution >= 4 is 5.91 Å². The average molecular weight is 512 g/mol. The Kier molecular flexibility index (Phi) is 10.1. The monoisotopic (exact) mass is 511 g/mol. The molecule has 3 aromatic rings. The number of hydrogen-bond acceptors (Lipinski definition) is 5. The van der Waals surface area contributed by atoms with Crippen molar-refractivity contribution in [3.8, 4) is 17.0 Å². The summed E-state index contributed by atoms with van der Waals surface area (Å²) >= 11 is 0. The average Bonchev–Trinajstić information content (AvgIpc) is 2.82. The molecule has 3 rings (SSSR count). The Hall–Kier alpha value is -3.36. The van der Waals surface area contributed by atoms with E-state index in [0.717, 1.165) is 29.2 Å². The van der Waals surface area contributed by atoms with Crippen LogP contribution in [0.4, 0.5) is 8.78 Å². The molecule has 2 unspecified atom stereocenters. The quantitative estimate of drug-likeness (QED) is 0.335. The Bertz CT molecular complexity index is 1170. The summed E-state index contributed by atoms with van der Waals surface area (Å²) in [6.45, 7) is 6.31. The molecule has 8 heteroatoms. The molecule has 0 aliphatic heterocycles. The molecular weight excluding hydrogens is 476 g/mol. The lowest BCUT2D eigenvalue weighted by atomic mass is 9.94. The largest absolute Gasteiger partial charge is 0.481 e. The third-order valence-corrected chi connectivity index (χ3v) is 5.97. The smallest absolute Gasteiger partial charge is 0.217 e. The maximum atomic E-state index is 13.7. The maximum Gasteiger partial charge on any atom is 0.217 e. The second kappa shape index (κ2) is 13.3. The molecule has 0 spiro atoms. The number of nitrogens with zero attached hydrogens (tertiary/aromatic N) is 1. The van der Waals surface area contributed by atoms with Gasteiger partial charge in [0.25, 0.3) is 0 Å². The molecule has 2 atom stereocenters. The second-order valence-electron chi connectivity index (χ2n) is 9.67. The lowest BCUT2D eigenvalue weighted by Crippen LogP contribution is -2.48. The van der Waals surface area contributed by atoms with Gasteiger partial charge in [-0.1, -0.05) is 32.0 Å². The standard InChI is InChI=1S/C29H35F2N3O3/c1-18(2)9-20-5-7-26(22-6-8-29(37-4)33-16-22)23(10-20)15-32-17-28(36)27(34-19(3)35)13-21-11-24(30)14-25(31)12-21/h5-8,10-12,14,16,18,27-28,32,36H,9,13,15,17H2,1-4H3,(H,34,35). The summed E-state index contributed by atoms with van der Waals surface area (Å²) < 4.78 is 32.5. The van der Waals surface area contributed by atoms with Crippen LogP contribution in [0.3, 0.4) is 0 Å². The molecule has 0 saturated heterocycles. The fourth-order valence-corrected chi connectivity index (χ4v) is 4.36. The minimum atomic E-state index is -0.986. The van der Waals surface area contributed by atoms with Crippen LogP contribution in [0.5, 0.6) is 5.88 Å². The summed E-state index contributed by atoms with van der Waals surface area (Å²) in [5.41, 5.74) is 4.56. The number of pyridine rings is 1. The van der Waals surface area contributed by atoms with E-state index < -0.39 is 23.8 Å². The molecule has 1 aromatic heterocycles. The third-order valence-electron chi connectivity index (χ3n) is 5.97. The first-order valence-corrected chi connectivity index (χ1v) is 12.4. The first kappa shape index (κ1) is 28.2. The highest BCUT2D eigenvalue weighted by Crippen LogP contribution is 2.26. The summed E-state index contributed by atoms with van der Waals surface area (Å²) in [6, 6.07) is 12.6. The normalized spacial score (nSPS) is 12.9. The molecule has 6 nitrogen and oxygen atoms in total. The summed E-state index contributed by atoms with van der Waals surface area (Å²) in [7, 11) is 1.57. The number of methoxy groups -OCH3 is 1.